The number of hydrogen-bond donors (Lipinski definition) is 2. The molecule has 1 amide bonds. The number of aromatic nitrogens is 2. The molecule has 1 atom stereocenters. The Morgan fingerprint density at radius 3 is 2.76 bits per heavy atom. The second kappa shape index (κ2) is 10.6. The molecule has 1 fully saturated rings. The zero-order valence-electron chi connectivity index (χ0n) is 17.5. The topological polar surface area (TPSA) is 74.5 Å². The summed E-state index contributed by atoms with van der Waals surface area (Å²) in [4.78, 5) is 18.6. The number of hydrogen-bond acceptors (Lipinski definition) is 3. The maximum atomic E-state index is 12.3. The number of nitrogens with one attached hydrogen (secondary N) is 2. The standard InChI is InChI=1S/C22H32N6O/c1-23-22(24-11-6-9-19-15-26-27(2)16-19)25-14-20-13-21(29)28(17-20)12-10-18-7-4-3-5-8-18/h3-5,7-8,15-16,20H,6,9-14,17H2,1-2H3,(H2,23,24,25). The summed E-state index contributed by atoms with van der Waals surface area (Å²) in [6, 6.07) is 10.3. The number of carbonyl (C=O) groups excluding carboxylic acids is 1. The average Bonchev–Trinajstić information content (AvgIpc) is 3.31. The van der Waals surface area contributed by atoms with Gasteiger partial charge in [0, 0.05) is 58.8 Å². The summed E-state index contributed by atoms with van der Waals surface area (Å²) in [6.07, 6.45) is 7.49. The van der Waals surface area contributed by atoms with Crippen molar-refractivity contribution < 1.29 is 4.79 Å². The molecule has 1 saturated heterocycles. The predicted octanol–water partition coefficient (Wildman–Crippen LogP) is 1.61. The molecule has 29 heavy (non-hydrogen) atoms. The van der Waals surface area contributed by atoms with Gasteiger partial charge in [-0.15, -0.1) is 0 Å². The fourth-order valence-corrected chi connectivity index (χ4v) is 3.68. The van der Waals surface area contributed by atoms with Gasteiger partial charge < -0.3 is 15.5 Å². The van der Waals surface area contributed by atoms with Crippen LogP contribution in [0.1, 0.15) is 24.0 Å². The minimum atomic E-state index is 0.257. The lowest BCUT2D eigenvalue weighted by Gasteiger charge is -2.18. The molecule has 0 spiro atoms. The molecule has 0 bridgehead atoms. The largest absolute Gasteiger partial charge is 0.356 e. The van der Waals surface area contributed by atoms with Crippen molar-refractivity contribution >= 4 is 11.9 Å². The fraction of sp³-hybridized carbons (Fsp3) is 0.500. The molecule has 1 aliphatic rings. The fourth-order valence-electron chi connectivity index (χ4n) is 3.68. The third-order valence-electron chi connectivity index (χ3n) is 5.28. The quantitative estimate of drug-likeness (QED) is 0.384. The molecule has 2 N–H and O–H groups in total. The Bertz CT molecular complexity index is 801. The highest BCUT2D eigenvalue weighted by Crippen LogP contribution is 2.17. The monoisotopic (exact) mass is 396 g/mol. The van der Waals surface area contributed by atoms with Gasteiger partial charge in [0.15, 0.2) is 5.96 Å². The number of aliphatic imine (C=N–C) groups is 1. The van der Waals surface area contributed by atoms with Crippen LogP contribution in [0.15, 0.2) is 47.7 Å². The number of nitrogens with zero attached hydrogens (tertiary/aromatic N) is 4. The first kappa shape index (κ1) is 20.9. The van der Waals surface area contributed by atoms with Crippen LogP contribution in [0.4, 0.5) is 0 Å². The molecular formula is C22H32N6O. The highest BCUT2D eigenvalue weighted by molar-refractivity contribution is 5.80. The van der Waals surface area contributed by atoms with Gasteiger partial charge in [0.25, 0.3) is 0 Å². The maximum Gasteiger partial charge on any atom is 0.223 e. The van der Waals surface area contributed by atoms with E-state index in [9.17, 15) is 4.79 Å². The highest BCUT2D eigenvalue weighted by atomic mass is 16.2. The number of aryl methyl sites for hydroxylation is 2. The van der Waals surface area contributed by atoms with Crippen LogP contribution >= 0.6 is 0 Å². The Labute approximate surface area is 173 Å². The van der Waals surface area contributed by atoms with Crippen LogP contribution in [-0.2, 0) is 24.7 Å². The molecule has 7 nitrogen and oxygen atoms in total. The summed E-state index contributed by atoms with van der Waals surface area (Å²) in [7, 11) is 3.71. The van der Waals surface area contributed by atoms with Crippen LogP contribution < -0.4 is 10.6 Å². The summed E-state index contributed by atoms with van der Waals surface area (Å²) in [6.45, 7) is 3.22. The van der Waals surface area contributed by atoms with Crippen LogP contribution in [0.5, 0.6) is 0 Å². The van der Waals surface area contributed by atoms with Gasteiger partial charge in [-0.05, 0) is 30.4 Å². The first-order valence-corrected chi connectivity index (χ1v) is 10.4. The van der Waals surface area contributed by atoms with E-state index < -0.39 is 0 Å². The highest BCUT2D eigenvalue weighted by Gasteiger charge is 2.29. The molecule has 1 aliphatic heterocycles. The van der Waals surface area contributed by atoms with E-state index in [0.29, 0.717) is 12.3 Å². The van der Waals surface area contributed by atoms with E-state index in [2.05, 4.69) is 32.9 Å². The minimum Gasteiger partial charge on any atom is -0.356 e. The molecular weight excluding hydrogens is 364 g/mol. The zero-order chi connectivity index (χ0) is 20.5. The van der Waals surface area contributed by atoms with E-state index in [1.54, 1.807) is 7.05 Å². The second-order valence-electron chi connectivity index (χ2n) is 7.65. The average molecular weight is 397 g/mol. The molecule has 1 aromatic carbocycles. The van der Waals surface area contributed by atoms with Crippen LogP contribution in [0.2, 0.25) is 0 Å². The van der Waals surface area contributed by atoms with Gasteiger partial charge in [-0.3, -0.25) is 14.5 Å². The number of carbonyl (C=O) groups is 1. The van der Waals surface area contributed by atoms with Crippen molar-refractivity contribution in [3.8, 4) is 0 Å². The van der Waals surface area contributed by atoms with Crippen molar-refractivity contribution in [2.24, 2.45) is 18.0 Å². The smallest absolute Gasteiger partial charge is 0.223 e. The van der Waals surface area contributed by atoms with Crippen molar-refractivity contribution in [1.82, 2.24) is 25.3 Å². The van der Waals surface area contributed by atoms with Crippen molar-refractivity contribution in [3.63, 3.8) is 0 Å². The first-order chi connectivity index (χ1) is 14.1. The Hall–Kier alpha value is -2.83. The molecule has 1 unspecified atom stereocenters. The van der Waals surface area contributed by atoms with E-state index >= 15 is 0 Å². The van der Waals surface area contributed by atoms with Gasteiger partial charge >= 0.3 is 0 Å². The van der Waals surface area contributed by atoms with E-state index in [1.807, 2.05) is 47.2 Å². The van der Waals surface area contributed by atoms with E-state index in [1.165, 1.54) is 11.1 Å². The number of rotatable bonds is 9. The Kier molecular flexibility index (Phi) is 7.67. The number of benzene rings is 1. The summed E-state index contributed by atoms with van der Waals surface area (Å²) in [5.74, 6) is 1.38. The molecule has 0 radical (unpaired) electrons. The van der Waals surface area contributed by atoms with Crippen LogP contribution in [-0.4, -0.2) is 59.8 Å². The number of guanidine groups is 1. The van der Waals surface area contributed by atoms with Gasteiger partial charge in [0.2, 0.25) is 5.91 Å². The first-order valence-electron chi connectivity index (χ1n) is 10.4. The number of likely N-dealkylation sites (tertiary alicyclic amines) is 1. The Morgan fingerprint density at radius 1 is 1.21 bits per heavy atom. The minimum absolute atomic E-state index is 0.257. The molecule has 0 saturated carbocycles. The normalized spacial score (nSPS) is 17.0. The Morgan fingerprint density at radius 2 is 2.03 bits per heavy atom. The SMILES string of the molecule is CN=C(NCCCc1cnn(C)c1)NCC1CC(=O)N(CCc2ccccc2)C1. The third kappa shape index (κ3) is 6.62. The molecule has 2 aromatic rings. The Balaban J connectivity index is 1.33. The van der Waals surface area contributed by atoms with Crippen LogP contribution in [0, 0.1) is 5.92 Å². The molecule has 3 rings (SSSR count). The van der Waals surface area contributed by atoms with Crippen molar-refractivity contribution in [2.45, 2.75) is 25.7 Å². The predicted molar refractivity (Wildman–Crippen MR) is 116 cm³/mol. The van der Waals surface area contributed by atoms with Crippen LogP contribution in [0.3, 0.4) is 0 Å². The summed E-state index contributed by atoms with van der Waals surface area (Å²) in [5, 5.41) is 10.9. The lowest BCUT2D eigenvalue weighted by Crippen LogP contribution is -2.40. The molecule has 0 aliphatic carbocycles. The molecule has 1 aromatic heterocycles. The summed E-state index contributed by atoms with van der Waals surface area (Å²) in [5.41, 5.74) is 2.52. The maximum absolute atomic E-state index is 12.3. The van der Waals surface area contributed by atoms with E-state index in [4.69, 9.17) is 0 Å². The molecule has 7 heteroatoms. The van der Waals surface area contributed by atoms with Gasteiger partial charge in [-0.25, -0.2) is 0 Å². The molecule has 2 heterocycles. The lowest BCUT2D eigenvalue weighted by atomic mass is 10.1. The van der Waals surface area contributed by atoms with Crippen molar-refractivity contribution in [3.05, 3.63) is 53.9 Å². The zero-order valence-corrected chi connectivity index (χ0v) is 17.5. The van der Waals surface area contributed by atoms with Crippen molar-refractivity contribution in [2.75, 3.05) is 33.2 Å². The van der Waals surface area contributed by atoms with Gasteiger partial charge in [-0.2, -0.15) is 5.10 Å². The summed E-state index contributed by atoms with van der Waals surface area (Å²) >= 11 is 0. The van der Waals surface area contributed by atoms with Gasteiger partial charge in [-0.1, -0.05) is 30.3 Å². The molecule has 156 valence electrons. The second-order valence-corrected chi connectivity index (χ2v) is 7.65. The van der Waals surface area contributed by atoms with E-state index in [0.717, 1.165) is 51.4 Å². The van der Waals surface area contributed by atoms with Crippen molar-refractivity contribution in [1.29, 1.82) is 0 Å². The lowest BCUT2D eigenvalue weighted by molar-refractivity contribution is -0.127. The summed E-state index contributed by atoms with van der Waals surface area (Å²) < 4.78 is 1.83. The number of amides is 1. The van der Waals surface area contributed by atoms with Gasteiger partial charge in [0.05, 0.1) is 6.20 Å². The third-order valence-corrected chi connectivity index (χ3v) is 5.28. The van der Waals surface area contributed by atoms with E-state index in [-0.39, 0.29) is 5.91 Å². The van der Waals surface area contributed by atoms with Gasteiger partial charge in [0.1, 0.15) is 0 Å². The van der Waals surface area contributed by atoms with Crippen LogP contribution in [0.25, 0.3) is 0 Å².